The lowest BCUT2D eigenvalue weighted by Crippen LogP contribution is -2.43. The maximum Gasteiger partial charge on any atom is 0.0995 e. The molecule has 2 unspecified atom stereocenters. The van der Waals surface area contributed by atoms with Gasteiger partial charge in [-0.1, -0.05) is 50.1 Å². The van der Waals surface area contributed by atoms with Crippen LogP contribution in [0.4, 0.5) is 0 Å². The van der Waals surface area contributed by atoms with Crippen LogP contribution in [0.1, 0.15) is 50.5 Å². The van der Waals surface area contributed by atoms with Crippen LogP contribution >= 0.6 is 0 Å². The first kappa shape index (κ1) is 15.0. The number of nitrogens with two attached hydrogens (primary N) is 1. The van der Waals surface area contributed by atoms with Crippen molar-refractivity contribution in [1.82, 2.24) is 4.90 Å². The van der Waals surface area contributed by atoms with Gasteiger partial charge in [0, 0.05) is 12.6 Å². The zero-order valence-corrected chi connectivity index (χ0v) is 12.5. The molecule has 1 saturated heterocycles. The van der Waals surface area contributed by atoms with E-state index in [4.69, 9.17) is 11.1 Å². The number of nitrogens with one attached hydrogen (secondary N) is 1. The molecule has 2 rings (SSSR count). The molecular formula is C17H27N3. The van der Waals surface area contributed by atoms with Crippen molar-refractivity contribution >= 4 is 5.84 Å². The summed E-state index contributed by atoms with van der Waals surface area (Å²) in [5.41, 5.74) is 7.03. The highest BCUT2D eigenvalue weighted by molar-refractivity contribution is 5.84. The molecule has 20 heavy (non-hydrogen) atoms. The molecule has 1 aromatic rings. The standard InChI is InChI=1S/C17H27N3/c1-2-8-15-11-6-7-12-20(15)13-16(17(18)19)14-9-4-3-5-10-14/h3-5,9-10,15-16H,2,6-8,11-13H2,1H3,(H3,18,19). The zero-order valence-electron chi connectivity index (χ0n) is 12.5. The summed E-state index contributed by atoms with van der Waals surface area (Å²) < 4.78 is 0. The SMILES string of the molecule is CCCC1CCCCN1CC(C(=N)N)c1ccccc1. The molecule has 0 aliphatic carbocycles. The molecule has 0 spiro atoms. The average molecular weight is 273 g/mol. The highest BCUT2D eigenvalue weighted by Crippen LogP contribution is 2.25. The van der Waals surface area contributed by atoms with Crippen molar-refractivity contribution in [2.75, 3.05) is 13.1 Å². The predicted octanol–water partition coefficient (Wildman–Crippen LogP) is 3.36. The lowest BCUT2D eigenvalue weighted by molar-refractivity contribution is 0.138. The highest BCUT2D eigenvalue weighted by Gasteiger charge is 2.26. The van der Waals surface area contributed by atoms with E-state index < -0.39 is 0 Å². The van der Waals surface area contributed by atoms with E-state index in [0.717, 1.165) is 13.1 Å². The number of amidine groups is 1. The van der Waals surface area contributed by atoms with Crippen LogP contribution in [-0.2, 0) is 0 Å². The molecule has 0 amide bonds. The summed E-state index contributed by atoms with van der Waals surface area (Å²) in [4.78, 5) is 2.56. The summed E-state index contributed by atoms with van der Waals surface area (Å²) in [5.74, 6) is 0.325. The molecule has 1 aliphatic rings. The minimum atomic E-state index is 0.0358. The number of hydrogen-bond donors (Lipinski definition) is 2. The van der Waals surface area contributed by atoms with Crippen molar-refractivity contribution in [3.8, 4) is 0 Å². The predicted molar refractivity (Wildman–Crippen MR) is 85.2 cm³/mol. The first-order valence-electron chi connectivity index (χ1n) is 7.85. The molecule has 110 valence electrons. The number of nitrogens with zero attached hydrogens (tertiary/aromatic N) is 1. The number of rotatable bonds is 6. The Hall–Kier alpha value is -1.35. The maximum absolute atomic E-state index is 7.93. The van der Waals surface area contributed by atoms with Gasteiger partial charge < -0.3 is 5.73 Å². The van der Waals surface area contributed by atoms with E-state index in [0.29, 0.717) is 6.04 Å². The molecule has 3 heteroatoms. The second kappa shape index (κ2) is 7.44. The summed E-state index contributed by atoms with van der Waals surface area (Å²) in [6, 6.07) is 10.9. The largest absolute Gasteiger partial charge is 0.387 e. The Morgan fingerprint density at radius 1 is 1.35 bits per heavy atom. The van der Waals surface area contributed by atoms with Crippen LogP contribution in [0, 0.1) is 5.41 Å². The van der Waals surface area contributed by atoms with Crippen molar-refractivity contribution < 1.29 is 0 Å². The van der Waals surface area contributed by atoms with Gasteiger partial charge in [0.1, 0.15) is 0 Å². The Morgan fingerprint density at radius 3 is 2.75 bits per heavy atom. The number of likely N-dealkylation sites (tertiary alicyclic amines) is 1. The highest BCUT2D eigenvalue weighted by atomic mass is 15.2. The van der Waals surface area contributed by atoms with E-state index in [1.54, 1.807) is 0 Å². The number of piperidine rings is 1. The van der Waals surface area contributed by atoms with Crippen molar-refractivity contribution in [2.24, 2.45) is 5.73 Å². The molecule has 0 radical (unpaired) electrons. The summed E-state index contributed by atoms with van der Waals surface area (Å²) in [6.45, 7) is 4.30. The second-order valence-corrected chi connectivity index (χ2v) is 5.85. The molecule has 1 aliphatic heterocycles. The maximum atomic E-state index is 7.93. The van der Waals surface area contributed by atoms with Crippen LogP contribution in [0.2, 0.25) is 0 Å². The Labute approximate surface area is 122 Å². The van der Waals surface area contributed by atoms with Crippen LogP contribution in [0.25, 0.3) is 0 Å². The van der Waals surface area contributed by atoms with Gasteiger partial charge in [-0.05, 0) is 31.4 Å². The molecule has 0 aromatic heterocycles. The average Bonchev–Trinajstić information content (AvgIpc) is 2.47. The quantitative estimate of drug-likeness (QED) is 0.617. The Bertz CT molecular complexity index is 414. The smallest absolute Gasteiger partial charge is 0.0995 e. The Balaban J connectivity index is 2.09. The number of hydrogen-bond acceptors (Lipinski definition) is 2. The van der Waals surface area contributed by atoms with Gasteiger partial charge in [0.15, 0.2) is 0 Å². The van der Waals surface area contributed by atoms with Gasteiger partial charge in [-0.25, -0.2) is 0 Å². The molecular weight excluding hydrogens is 246 g/mol. The second-order valence-electron chi connectivity index (χ2n) is 5.85. The Kier molecular flexibility index (Phi) is 5.60. The third kappa shape index (κ3) is 3.83. The van der Waals surface area contributed by atoms with Crippen LogP contribution in [-0.4, -0.2) is 29.9 Å². The Morgan fingerprint density at radius 2 is 2.10 bits per heavy atom. The summed E-state index contributed by atoms with van der Waals surface area (Å²) >= 11 is 0. The molecule has 1 aromatic carbocycles. The normalized spacial score (nSPS) is 21.6. The van der Waals surface area contributed by atoms with E-state index in [1.165, 1.54) is 37.7 Å². The van der Waals surface area contributed by atoms with Crippen LogP contribution in [0.3, 0.4) is 0 Å². The monoisotopic (exact) mass is 273 g/mol. The van der Waals surface area contributed by atoms with Crippen molar-refractivity contribution in [3.63, 3.8) is 0 Å². The van der Waals surface area contributed by atoms with Gasteiger partial charge in [0.2, 0.25) is 0 Å². The molecule has 1 heterocycles. The van der Waals surface area contributed by atoms with Gasteiger partial charge in [-0.2, -0.15) is 0 Å². The van der Waals surface area contributed by atoms with Crippen molar-refractivity contribution in [3.05, 3.63) is 35.9 Å². The molecule has 2 atom stereocenters. The minimum Gasteiger partial charge on any atom is -0.387 e. The van der Waals surface area contributed by atoms with Crippen molar-refractivity contribution in [2.45, 2.75) is 51.0 Å². The van der Waals surface area contributed by atoms with E-state index in [2.05, 4.69) is 24.0 Å². The van der Waals surface area contributed by atoms with E-state index >= 15 is 0 Å². The van der Waals surface area contributed by atoms with E-state index in [9.17, 15) is 0 Å². The fraction of sp³-hybridized carbons (Fsp3) is 0.588. The van der Waals surface area contributed by atoms with Gasteiger partial charge in [-0.3, -0.25) is 10.3 Å². The van der Waals surface area contributed by atoms with Crippen LogP contribution < -0.4 is 5.73 Å². The van der Waals surface area contributed by atoms with E-state index in [-0.39, 0.29) is 11.8 Å². The lowest BCUT2D eigenvalue weighted by Gasteiger charge is -2.37. The summed E-state index contributed by atoms with van der Waals surface area (Å²) in [7, 11) is 0. The topological polar surface area (TPSA) is 53.1 Å². The minimum absolute atomic E-state index is 0.0358. The van der Waals surface area contributed by atoms with Crippen LogP contribution in [0.15, 0.2) is 30.3 Å². The molecule has 0 saturated carbocycles. The first-order valence-corrected chi connectivity index (χ1v) is 7.85. The number of benzene rings is 1. The zero-order chi connectivity index (χ0) is 14.4. The van der Waals surface area contributed by atoms with Gasteiger partial charge >= 0.3 is 0 Å². The molecule has 0 bridgehead atoms. The molecule has 1 fully saturated rings. The third-order valence-corrected chi connectivity index (χ3v) is 4.37. The summed E-state index contributed by atoms with van der Waals surface area (Å²) in [6.07, 6.45) is 6.42. The molecule has 3 N–H and O–H groups in total. The van der Waals surface area contributed by atoms with Crippen LogP contribution in [0.5, 0.6) is 0 Å². The van der Waals surface area contributed by atoms with Gasteiger partial charge in [0.25, 0.3) is 0 Å². The fourth-order valence-corrected chi connectivity index (χ4v) is 3.26. The lowest BCUT2D eigenvalue weighted by atomic mass is 9.93. The first-order chi connectivity index (χ1) is 9.72. The fourth-order valence-electron chi connectivity index (χ4n) is 3.26. The van der Waals surface area contributed by atoms with Gasteiger partial charge in [0.05, 0.1) is 11.8 Å². The van der Waals surface area contributed by atoms with Gasteiger partial charge in [-0.15, -0.1) is 0 Å². The molecule has 3 nitrogen and oxygen atoms in total. The van der Waals surface area contributed by atoms with Crippen molar-refractivity contribution in [1.29, 1.82) is 5.41 Å². The van der Waals surface area contributed by atoms with E-state index in [1.807, 2.05) is 18.2 Å². The summed E-state index contributed by atoms with van der Waals surface area (Å²) in [5, 5.41) is 7.93. The third-order valence-electron chi connectivity index (χ3n) is 4.37.